The minimum absolute atomic E-state index is 0.0605. The first kappa shape index (κ1) is 31.4. The first-order valence-corrected chi connectivity index (χ1v) is 19.6. The minimum Gasteiger partial charge on any atom is -0.271 e. The number of pyridine rings is 1. The third-order valence-electron chi connectivity index (χ3n) is 11.4. The van der Waals surface area contributed by atoms with E-state index in [0.29, 0.717) is 22.2 Å². The molecule has 4 heterocycles. The number of imide groups is 1. The maximum absolute atomic E-state index is 14.5. The van der Waals surface area contributed by atoms with Gasteiger partial charge in [-0.05, 0) is 69.4 Å². The normalized spacial score (nSPS) is 13.9. The number of rotatable bonds is 13. The molecule has 0 fully saturated rings. The van der Waals surface area contributed by atoms with E-state index in [0.717, 1.165) is 98.0 Å². The van der Waals surface area contributed by atoms with Gasteiger partial charge in [-0.3, -0.25) is 23.7 Å². The van der Waals surface area contributed by atoms with Gasteiger partial charge in [0.2, 0.25) is 0 Å². The van der Waals surface area contributed by atoms with Crippen molar-refractivity contribution in [1.82, 2.24) is 14.3 Å². The molecule has 252 valence electrons. The molecule has 0 aliphatic carbocycles. The summed E-state index contributed by atoms with van der Waals surface area (Å²) in [5, 5.41) is 13.3. The molecule has 3 aromatic heterocycles. The van der Waals surface area contributed by atoms with Crippen LogP contribution in [0.2, 0.25) is 0 Å². The van der Waals surface area contributed by atoms with Gasteiger partial charge in [0.05, 0.1) is 5.52 Å². The molecule has 5 aromatic carbocycles. The lowest BCUT2D eigenvalue weighted by Gasteiger charge is -2.35. The number of nitrogens with zero attached hydrogens (tertiary/aromatic N) is 3. The predicted octanol–water partition coefficient (Wildman–Crippen LogP) is 11.2. The number of imidazole rings is 1. The van der Waals surface area contributed by atoms with Crippen molar-refractivity contribution in [1.29, 1.82) is 0 Å². The van der Waals surface area contributed by atoms with Crippen LogP contribution in [-0.2, 0) is 0 Å². The predicted molar refractivity (Wildman–Crippen MR) is 208 cm³/mol. The largest absolute Gasteiger partial charge is 0.271 e. The van der Waals surface area contributed by atoms with Gasteiger partial charge >= 0.3 is 0 Å². The third-order valence-corrected chi connectivity index (χ3v) is 12.1. The van der Waals surface area contributed by atoms with Crippen molar-refractivity contribution in [3.8, 4) is 0 Å². The minimum atomic E-state index is -0.161. The summed E-state index contributed by atoms with van der Waals surface area (Å²) in [5.74, 6) is -0.321. The number of aromatic nitrogens is 2. The monoisotopic (exact) mass is 679 g/mol. The Labute approximate surface area is 294 Å². The van der Waals surface area contributed by atoms with Gasteiger partial charge in [0, 0.05) is 49.5 Å². The Morgan fingerprint density at radius 1 is 0.580 bits per heavy atom. The zero-order chi connectivity index (χ0) is 34.1. The summed E-state index contributed by atoms with van der Waals surface area (Å²) < 4.78 is 1.75. The molecule has 2 amide bonds. The van der Waals surface area contributed by atoms with Gasteiger partial charge < -0.3 is 0 Å². The Morgan fingerprint density at radius 2 is 1.08 bits per heavy atom. The van der Waals surface area contributed by atoms with Crippen LogP contribution >= 0.6 is 11.3 Å². The number of hydrogen-bond donors (Lipinski definition) is 0. The van der Waals surface area contributed by atoms with Crippen molar-refractivity contribution in [2.45, 2.75) is 96.9 Å². The first-order valence-electron chi connectivity index (χ1n) is 18.6. The fraction of sp³-hybridized carbons (Fsp3) is 0.349. The second-order valence-corrected chi connectivity index (χ2v) is 15.1. The van der Waals surface area contributed by atoms with Crippen molar-refractivity contribution in [2.75, 3.05) is 0 Å². The van der Waals surface area contributed by atoms with Gasteiger partial charge in [-0.2, -0.15) is 0 Å². The molecule has 9 rings (SSSR count). The SMILES string of the molecule is CCCCCCCC(CCCCCCC)N1C(=O)c2ccc3c4ccc5c(=O)n6c7cscc7nc6c6ccc(c7ccc(c2c37)C1=O)c4c56. The van der Waals surface area contributed by atoms with E-state index in [1.807, 2.05) is 29.0 Å². The molecule has 0 N–H and O–H groups in total. The highest BCUT2D eigenvalue weighted by atomic mass is 32.1. The van der Waals surface area contributed by atoms with Crippen LogP contribution < -0.4 is 5.56 Å². The van der Waals surface area contributed by atoms with E-state index in [1.165, 1.54) is 38.5 Å². The molecule has 1 aliphatic rings. The molecule has 7 heteroatoms. The Morgan fingerprint density at radius 3 is 1.68 bits per heavy atom. The molecule has 0 saturated heterocycles. The molecule has 6 nitrogen and oxygen atoms in total. The molecule has 0 spiro atoms. The smallest absolute Gasteiger partial charge is 0.264 e. The van der Waals surface area contributed by atoms with Crippen LogP contribution in [0.5, 0.6) is 0 Å². The van der Waals surface area contributed by atoms with E-state index in [-0.39, 0.29) is 23.4 Å². The fourth-order valence-corrected chi connectivity index (χ4v) is 9.71. The van der Waals surface area contributed by atoms with Crippen LogP contribution in [0, 0.1) is 0 Å². The molecule has 0 atom stereocenters. The third kappa shape index (κ3) is 4.51. The van der Waals surface area contributed by atoms with Crippen LogP contribution in [0.3, 0.4) is 0 Å². The highest BCUT2D eigenvalue weighted by Gasteiger charge is 2.38. The van der Waals surface area contributed by atoms with Crippen LogP contribution in [-0.4, -0.2) is 32.1 Å². The van der Waals surface area contributed by atoms with E-state index in [2.05, 4.69) is 44.2 Å². The molecule has 50 heavy (non-hydrogen) atoms. The average molecular weight is 680 g/mol. The first-order chi connectivity index (χ1) is 24.5. The molecule has 1 aliphatic heterocycles. The van der Waals surface area contributed by atoms with Gasteiger partial charge in [-0.25, -0.2) is 4.98 Å². The topological polar surface area (TPSA) is 71.8 Å². The van der Waals surface area contributed by atoms with Gasteiger partial charge in [0.1, 0.15) is 11.2 Å². The van der Waals surface area contributed by atoms with E-state index >= 15 is 0 Å². The Kier molecular flexibility index (Phi) is 7.72. The number of carbonyl (C=O) groups excluding carboxylic acids is 2. The molecule has 0 unspecified atom stereocenters. The summed E-state index contributed by atoms with van der Waals surface area (Å²) in [6.45, 7) is 4.45. The number of benzene rings is 5. The maximum Gasteiger partial charge on any atom is 0.264 e. The quantitative estimate of drug-likeness (QED) is 0.0526. The number of thiophene rings is 1. The lowest BCUT2D eigenvalue weighted by atomic mass is 9.83. The zero-order valence-corrected chi connectivity index (χ0v) is 29.6. The maximum atomic E-state index is 14.5. The van der Waals surface area contributed by atoms with Crippen LogP contribution in [0.1, 0.15) is 112 Å². The molecule has 0 bridgehead atoms. The van der Waals surface area contributed by atoms with Crippen molar-refractivity contribution < 1.29 is 9.59 Å². The summed E-state index contributed by atoms with van der Waals surface area (Å²) in [5.41, 5.74) is 3.54. The van der Waals surface area contributed by atoms with E-state index in [4.69, 9.17) is 4.98 Å². The Balaban J connectivity index is 1.19. The summed E-state index contributed by atoms with van der Waals surface area (Å²) in [6, 6.07) is 16.1. The highest BCUT2D eigenvalue weighted by molar-refractivity contribution is 7.09. The van der Waals surface area contributed by atoms with E-state index < -0.39 is 0 Å². The van der Waals surface area contributed by atoms with Crippen molar-refractivity contribution in [2.24, 2.45) is 0 Å². The molecule has 8 aromatic rings. The summed E-state index contributed by atoms with van der Waals surface area (Å²) >= 11 is 1.55. The van der Waals surface area contributed by atoms with Crippen molar-refractivity contribution in [3.05, 3.63) is 80.8 Å². The summed E-state index contributed by atoms with van der Waals surface area (Å²) in [6.07, 6.45) is 13.3. The number of amides is 2. The number of carbonyl (C=O) groups is 2. The lowest BCUT2D eigenvalue weighted by molar-refractivity contribution is 0.0517. The van der Waals surface area contributed by atoms with E-state index in [9.17, 15) is 14.4 Å². The van der Waals surface area contributed by atoms with Gasteiger partial charge in [-0.15, -0.1) is 11.3 Å². The Hall–Kier alpha value is -4.62. The zero-order valence-electron chi connectivity index (χ0n) is 28.8. The van der Waals surface area contributed by atoms with Crippen LogP contribution in [0.4, 0.5) is 0 Å². The van der Waals surface area contributed by atoms with Crippen molar-refractivity contribution >= 4 is 93.7 Å². The Bertz CT molecular complexity index is 2590. The fourth-order valence-electron chi connectivity index (χ4n) is 8.98. The number of hydrogen-bond acceptors (Lipinski definition) is 5. The van der Waals surface area contributed by atoms with E-state index in [1.54, 1.807) is 20.6 Å². The van der Waals surface area contributed by atoms with Crippen LogP contribution in [0.25, 0.3) is 70.5 Å². The second-order valence-electron chi connectivity index (χ2n) is 14.4. The van der Waals surface area contributed by atoms with Gasteiger partial charge in [0.25, 0.3) is 17.4 Å². The molecule has 0 radical (unpaired) electrons. The highest BCUT2D eigenvalue weighted by Crippen LogP contribution is 2.46. The number of fused-ring (bicyclic) bond motifs is 6. The molecular weight excluding hydrogens is 639 g/mol. The second kappa shape index (κ2) is 12.3. The molecule has 0 saturated carbocycles. The lowest BCUT2D eigenvalue weighted by Crippen LogP contribution is -2.47. The number of unbranched alkanes of at least 4 members (excludes halogenated alkanes) is 8. The summed E-state index contributed by atoms with van der Waals surface area (Å²) in [7, 11) is 0. The molecular formula is C43H41N3O3S. The van der Waals surface area contributed by atoms with Gasteiger partial charge in [0.15, 0.2) is 0 Å². The average Bonchev–Trinajstić information content (AvgIpc) is 3.74. The van der Waals surface area contributed by atoms with Crippen molar-refractivity contribution in [3.63, 3.8) is 0 Å². The van der Waals surface area contributed by atoms with Crippen LogP contribution in [0.15, 0.2) is 64.1 Å². The standard InChI is InChI=1S/C43H41N3O3S/c1-3-5-7-9-11-13-25(14-12-10-8-6-4-2)45-41(47)32-21-17-28-26-15-19-30-38-31(43(49)46-35-24-50-23-34(35)44-40(30)46)20-16-27(36(26)38)29-18-22-33(42(45)48)39(32)37(28)29/h15-25H,3-14H2,1-2H3. The summed E-state index contributed by atoms with van der Waals surface area (Å²) in [4.78, 5) is 49.5. The van der Waals surface area contributed by atoms with Gasteiger partial charge in [-0.1, -0.05) is 102 Å².